The van der Waals surface area contributed by atoms with Crippen LogP contribution in [0.15, 0.2) is 23.0 Å². The van der Waals surface area contributed by atoms with E-state index in [0.717, 1.165) is 5.56 Å². The SMILES string of the molecule is Cc1ccc2c(=O)n3c(nc2c1)C(C)(C)C(C(F)(F)F)C3. The second-order valence-electron chi connectivity index (χ2n) is 6.19. The molecule has 1 unspecified atom stereocenters. The first-order valence-electron chi connectivity index (χ1n) is 6.71. The van der Waals surface area contributed by atoms with Crippen molar-refractivity contribution < 1.29 is 13.2 Å². The lowest BCUT2D eigenvalue weighted by Crippen LogP contribution is -2.36. The molecular weight excluding hydrogens is 281 g/mol. The normalized spacial score (nSPS) is 20.8. The van der Waals surface area contributed by atoms with E-state index in [2.05, 4.69) is 4.98 Å². The fourth-order valence-electron chi connectivity index (χ4n) is 3.07. The third-order valence-corrected chi connectivity index (χ3v) is 4.32. The Morgan fingerprint density at radius 3 is 2.62 bits per heavy atom. The van der Waals surface area contributed by atoms with Gasteiger partial charge in [0.15, 0.2) is 0 Å². The molecule has 1 aliphatic rings. The molecule has 3 nitrogen and oxygen atoms in total. The molecule has 1 aromatic heterocycles. The van der Waals surface area contributed by atoms with E-state index in [1.54, 1.807) is 18.2 Å². The van der Waals surface area contributed by atoms with Crippen LogP contribution in [-0.4, -0.2) is 15.7 Å². The number of alkyl halides is 3. The predicted molar refractivity (Wildman–Crippen MR) is 73.3 cm³/mol. The van der Waals surface area contributed by atoms with Crippen molar-refractivity contribution in [1.29, 1.82) is 0 Å². The van der Waals surface area contributed by atoms with Crippen LogP contribution in [0, 0.1) is 12.8 Å². The Morgan fingerprint density at radius 1 is 1.33 bits per heavy atom. The lowest BCUT2D eigenvalue weighted by atomic mass is 9.80. The minimum Gasteiger partial charge on any atom is -0.295 e. The third kappa shape index (κ3) is 1.96. The van der Waals surface area contributed by atoms with Gasteiger partial charge in [-0.15, -0.1) is 0 Å². The number of hydrogen-bond donors (Lipinski definition) is 0. The van der Waals surface area contributed by atoms with Crippen LogP contribution < -0.4 is 5.56 Å². The maximum Gasteiger partial charge on any atom is 0.394 e. The highest BCUT2D eigenvalue weighted by Gasteiger charge is 2.55. The zero-order valence-corrected chi connectivity index (χ0v) is 12.0. The summed E-state index contributed by atoms with van der Waals surface area (Å²) in [5, 5.41) is 0.364. The average molecular weight is 296 g/mol. The molecule has 0 aliphatic carbocycles. The van der Waals surface area contributed by atoms with Crippen molar-refractivity contribution in [3.63, 3.8) is 0 Å². The van der Waals surface area contributed by atoms with Crippen molar-refractivity contribution in [2.24, 2.45) is 5.92 Å². The summed E-state index contributed by atoms with van der Waals surface area (Å²) in [5.74, 6) is -1.38. The number of rotatable bonds is 0. The van der Waals surface area contributed by atoms with Gasteiger partial charge in [-0.2, -0.15) is 13.2 Å². The molecule has 112 valence electrons. The number of benzene rings is 1. The molecular formula is C15H15F3N2O. The van der Waals surface area contributed by atoms with Crippen LogP contribution in [-0.2, 0) is 12.0 Å². The molecule has 2 heterocycles. The van der Waals surface area contributed by atoms with E-state index in [9.17, 15) is 18.0 Å². The number of hydrogen-bond acceptors (Lipinski definition) is 2. The van der Waals surface area contributed by atoms with Gasteiger partial charge in [0.1, 0.15) is 5.82 Å². The van der Waals surface area contributed by atoms with Crippen LogP contribution in [0.3, 0.4) is 0 Å². The van der Waals surface area contributed by atoms with Gasteiger partial charge in [0, 0.05) is 12.0 Å². The van der Waals surface area contributed by atoms with Gasteiger partial charge in [-0.3, -0.25) is 9.36 Å². The van der Waals surface area contributed by atoms with Gasteiger partial charge >= 0.3 is 6.18 Å². The molecule has 0 fully saturated rings. The Labute approximate surface area is 119 Å². The molecule has 0 saturated heterocycles. The molecule has 1 atom stereocenters. The average Bonchev–Trinajstić information content (AvgIpc) is 2.61. The summed E-state index contributed by atoms with van der Waals surface area (Å²) in [5.41, 5.74) is -0.227. The lowest BCUT2D eigenvalue weighted by Gasteiger charge is -2.27. The van der Waals surface area contributed by atoms with Crippen molar-refractivity contribution in [2.75, 3.05) is 0 Å². The standard InChI is InChI=1S/C15H15F3N2O/c1-8-4-5-9-10(6-8)19-13-14(2,3)11(15(16,17)18)7-20(13)12(9)21/h4-6,11H,7H2,1-3H3. The van der Waals surface area contributed by atoms with Gasteiger partial charge in [0.2, 0.25) is 0 Å². The number of halogens is 3. The van der Waals surface area contributed by atoms with Gasteiger partial charge in [0.05, 0.1) is 16.8 Å². The summed E-state index contributed by atoms with van der Waals surface area (Å²) in [6.45, 7) is 4.49. The van der Waals surface area contributed by atoms with Crippen LogP contribution in [0.4, 0.5) is 13.2 Å². The smallest absolute Gasteiger partial charge is 0.295 e. The van der Waals surface area contributed by atoms with Crippen LogP contribution in [0.25, 0.3) is 10.9 Å². The maximum atomic E-state index is 13.2. The van der Waals surface area contributed by atoms with Crippen molar-refractivity contribution in [2.45, 2.75) is 38.9 Å². The summed E-state index contributed by atoms with van der Waals surface area (Å²) < 4.78 is 40.8. The second-order valence-corrected chi connectivity index (χ2v) is 6.19. The van der Waals surface area contributed by atoms with Gasteiger partial charge in [0.25, 0.3) is 5.56 Å². The highest BCUT2D eigenvalue weighted by atomic mass is 19.4. The number of aromatic nitrogens is 2. The summed E-state index contributed by atoms with van der Waals surface area (Å²) in [7, 11) is 0. The van der Waals surface area contributed by atoms with E-state index in [0.29, 0.717) is 10.9 Å². The van der Waals surface area contributed by atoms with E-state index in [1.807, 2.05) is 6.92 Å². The Kier molecular flexibility index (Phi) is 2.74. The Bertz CT molecular complexity index is 790. The molecule has 0 amide bonds. The van der Waals surface area contributed by atoms with E-state index in [-0.39, 0.29) is 12.4 Å². The first kappa shape index (κ1) is 14.1. The van der Waals surface area contributed by atoms with Crippen molar-refractivity contribution >= 4 is 10.9 Å². The minimum atomic E-state index is -4.36. The topological polar surface area (TPSA) is 34.9 Å². The molecule has 0 bridgehead atoms. The number of fused-ring (bicyclic) bond motifs is 2. The largest absolute Gasteiger partial charge is 0.394 e. The van der Waals surface area contributed by atoms with Gasteiger partial charge in [-0.05, 0) is 24.6 Å². The summed E-state index contributed by atoms with van der Waals surface area (Å²) in [4.78, 5) is 16.8. The van der Waals surface area contributed by atoms with Gasteiger partial charge in [-0.1, -0.05) is 19.9 Å². The zero-order chi connectivity index (χ0) is 15.6. The Balaban J connectivity index is 2.31. The fraction of sp³-hybridized carbons (Fsp3) is 0.467. The van der Waals surface area contributed by atoms with Crippen LogP contribution in [0.5, 0.6) is 0 Å². The van der Waals surface area contributed by atoms with Crippen LogP contribution in [0.2, 0.25) is 0 Å². The first-order valence-corrected chi connectivity index (χ1v) is 6.71. The molecule has 2 aromatic rings. The molecule has 0 saturated carbocycles. The molecule has 0 radical (unpaired) electrons. The van der Waals surface area contributed by atoms with Crippen LogP contribution in [0.1, 0.15) is 25.2 Å². The summed E-state index contributed by atoms with van der Waals surface area (Å²) in [6.07, 6.45) is -4.36. The van der Waals surface area contributed by atoms with Crippen molar-refractivity contribution in [1.82, 2.24) is 9.55 Å². The first-order chi connectivity index (χ1) is 9.62. The Hall–Kier alpha value is -1.85. The predicted octanol–water partition coefficient (Wildman–Crippen LogP) is 3.17. The van der Waals surface area contributed by atoms with E-state index in [4.69, 9.17) is 0 Å². The maximum absolute atomic E-state index is 13.2. The van der Waals surface area contributed by atoms with Crippen molar-refractivity contribution in [3.8, 4) is 0 Å². The number of nitrogens with zero attached hydrogens (tertiary/aromatic N) is 2. The zero-order valence-electron chi connectivity index (χ0n) is 12.0. The third-order valence-electron chi connectivity index (χ3n) is 4.32. The highest BCUT2D eigenvalue weighted by Crippen LogP contribution is 2.46. The van der Waals surface area contributed by atoms with Gasteiger partial charge in [-0.25, -0.2) is 4.98 Å². The molecule has 0 N–H and O–H groups in total. The minimum absolute atomic E-state index is 0.216. The monoisotopic (exact) mass is 296 g/mol. The molecule has 1 aromatic carbocycles. The molecule has 6 heteroatoms. The van der Waals surface area contributed by atoms with Crippen molar-refractivity contribution in [3.05, 3.63) is 39.9 Å². The lowest BCUT2D eigenvalue weighted by molar-refractivity contribution is -0.189. The van der Waals surface area contributed by atoms with E-state index in [1.165, 1.54) is 18.4 Å². The Morgan fingerprint density at radius 2 is 2.00 bits per heavy atom. The van der Waals surface area contributed by atoms with Gasteiger partial charge < -0.3 is 0 Å². The highest BCUT2D eigenvalue weighted by molar-refractivity contribution is 5.78. The molecule has 3 rings (SSSR count). The van der Waals surface area contributed by atoms with E-state index < -0.39 is 23.1 Å². The molecule has 21 heavy (non-hydrogen) atoms. The van der Waals surface area contributed by atoms with E-state index >= 15 is 0 Å². The summed E-state index contributed by atoms with van der Waals surface area (Å²) in [6, 6.07) is 5.12. The summed E-state index contributed by atoms with van der Waals surface area (Å²) >= 11 is 0. The number of aryl methyl sites for hydroxylation is 1. The quantitative estimate of drug-likeness (QED) is 0.748. The fourth-order valence-corrected chi connectivity index (χ4v) is 3.07. The van der Waals surface area contributed by atoms with Crippen LogP contribution >= 0.6 is 0 Å². The molecule has 1 aliphatic heterocycles. The second kappa shape index (κ2) is 4.08. The molecule has 0 spiro atoms.